The van der Waals surface area contributed by atoms with Gasteiger partial charge < -0.3 is 31.0 Å². The van der Waals surface area contributed by atoms with Crippen molar-refractivity contribution < 1.29 is 19.0 Å². The predicted octanol–water partition coefficient (Wildman–Crippen LogP) is 2.31. The molecule has 0 fully saturated rings. The van der Waals surface area contributed by atoms with Crippen molar-refractivity contribution in [3.8, 4) is 0 Å². The molecule has 0 aromatic rings. The number of hydrogen-bond acceptors (Lipinski definition) is 6. The van der Waals surface area contributed by atoms with E-state index in [9.17, 15) is 4.79 Å². The maximum atomic E-state index is 12.1. The summed E-state index contributed by atoms with van der Waals surface area (Å²) in [5, 5.41) is 2.88. The molecule has 5 N–H and O–H groups in total. The van der Waals surface area contributed by atoms with Crippen LogP contribution in [-0.4, -0.2) is 54.7 Å². The lowest BCUT2D eigenvalue weighted by Gasteiger charge is -2.28. The zero-order chi connectivity index (χ0) is 21.4. The molecular weight excluding hydrogens is 346 g/mol. The summed E-state index contributed by atoms with van der Waals surface area (Å²) in [6, 6.07) is 0. The molecule has 7 nitrogen and oxygen atoms in total. The summed E-state index contributed by atoms with van der Waals surface area (Å²) in [7, 11) is 0. The second kappa shape index (κ2) is 10.7. The van der Waals surface area contributed by atoms with Gasteiger partial charge in [0.1, 0.15) is 5.72 Å². The summed E-state index contributed by atoms with van der Waals surface area (Å²) in [6.07, 6.45) is 1.76. The molecule has 0 saturated carbocycles. The SMILES string of the molecule is CC(C)(N)CCOC(C)(C)CC(=O)NCCOC(C)(C)CCOC(C)(C)N. The molecule has 7 heteroatoms. The molecule has 0 heterocycles. The first-order valence-corrected chi connectivity index (χ1v) is 9.78. The van der Waals surface area contributed by atoms with Crippen LogP contribution < -0.4 is 16.8 Å². The number of carbonyl (C=O) groups is 1. The largest absolute Gasteiger partial charge is 0.375 e. The molecule has 162 valence electrons. The third-order valence-corrected chi connectivity index (χ3v) is 3.92. The molecule has 27 heavy (non-hydrogen) atoms. The molecule has 0 aromatic carbocycles. The van der Waals surface area contributed by atoms with Crippen LogP contribution >= 0.6 is 0 Å². The molecule has 0 atom stereocenters. The van der Waals surface area contributed by atoms with Gasteiger partial charge in [-0.05, 0) is 68.2 Å². The van der Waals surface area contributed by atoms with Crippen molar-refractivity contribution in [3.63, 3.8) is 0 Å². The van der Waals surface area contributed by atoms with Gasteiger partial charge in [-0.15, -0.1) is 0 Å². The normalized spacial score (nSPS) is 13.7. The summed E-state index contributed by atoms with van der Waals surface area (Å²) < 4.78 is 17.2. The average Bonchev–Trinajstić information content (AvgIpc) is 2.39. The van der Waals surface area contributed by atoms with Crippen molar-refractivity contribution in [3.05, 3.63) is 0 Å². The molecule has 1 amide bonds. The van der Waals surface area contributed by atoms with E-state index in [1.807, 2.05) is 55.4 Å². The van der Waals surface area contributed by atoms with Crippen LogP contribution in [0.3, 0.4) is 0 Å². The van der Waals surface area contributed by atoms with E-state index >= 15 is 0 Å². The Balaban J connectivity index is 4.01. The first kappa shape index (κ1) is 26.3. The summed E-state index contributed by atoms with van der Waals surface area (Å²) in [5.74, 6) is -0.0540. The average molecular weight is 390 g/mol. The van der Waals surface area contributed by atoms with E-state index in [-0.39, 0.29) is 17.0 Å². The van der Waals surface area contributed by atoms with Gasteiger partial charge in [-0.25, -0.2) is 0 Å². The molecule has 0 bridgehead atoms. The van der Waals surface area contributed by atoms with Crippen LogP contribution in [0.4, 0.5) is 0 Å². The minimum absolute atomic E-state index is 0.0540. The monoisotopic (exact) mass is 389 g/mol. The smallest absolute Gasteiger partial charge is 0.222 e. The number of carbonyl (C=O) groups excluding carboxylic acids is 1. The standard InChI is InChI=1S/C20H43N3O4/c1-17(2,21)9-12-25-19(5,6)15-16(24)23-11-14-26-18(3,4)10-13-27-20(7,8)22/h9-15,21-22H2,1-8H3,(H,23,24). The van der Waals surface area contributed by atoms with E-state index in [1.165, 1.54) is 0 Å². The third-order valence-electron chi connectivity index (χ3n) is 3.92. The van der Waals surface area contributed by atoms with E-state index in [4.69, 9.17) is 25.7 Å². The molecular formula is C20H43N3O4. The molecule has 0 aliphatic carbocycles. The van der Waals surface area contributed by atoms with E-state index < -0.39 is 11.3 Å². The number of ether oxygens (including phenoxy) is 3. The van der Waals surface area contributed by atoms with Crippen LogP contribution in [0.15, 0.2) is 0 Å². The van der Waals surface area contributed by atoms with Gasteiger partial charge in [0.15, 0.2) is 0 Å². The Kier molecular flexibility index (Phi) is 10.4. The van der Waals surface area contributed by atoms with Crippen LogP contribution in [0.25, 0.3) is 0 Å². The van der Waals surface area contributed by atoms with Crippen LogP contribution in [0.1, 0.15) is 74.7 Å². The second-order valence-corrected chi connectivity index (χ2v) is 9.68. The molecule has 0 aliphatic heterocycles. The van der Waals surface area contributed by atoms with Crippen molar-refractivity contribution in [2.45, 2.75) is 97.1 Å². The maximum absolute atomic E-state index is 12.1. The highest BCUT2D eigenvalue weighted by Crippen LogP contribution is 2.17. The fraction of sp³-hybridized carbons (Fsp3) is 0.950. The van der Waals surface area contributed by atoms with E-state index in [0.29, 0.717) is 32.8 Å². The van der Waals surface area contributed by atoms with Crippen molar-refractivity contribution in [2.75, 3.05) is 26.4 Å². The molecule has 0 saturated heterocycles. The summed E-state index contributed by atoms with van der Waals surface area (Å²) >= 11 is 0. The van der Waals surface area contributed by atoms with Gasteiger partial charge >= 0.3 is 0 Å². The Morgan fingerprint density at radius 1 is 0.778 bits per heavy atom. The fourth-order valence-electron chi connectivity index (χ4n) is 2.24. The Labute approximate surface area is 165 Å². The Hall–Kier alpha value is -0.730. The quantitative estimate of drug-likeness (QED) is 0.311. The second-order valence-electron chi connectivity index (χ2n) is 9.68. The van der Waals surface area contributed by atoms with E-state index in [0.717, 1.165) is 12.8 Å². The van der Waals surface area contributed by atoms with E-state index in [1.54, 1.807) is 0 Å². The molecule has 0 aliphatic rings. The number of rotatable bonds is 14. The molecule has 0 aromatic heterocycles. The first-order valence-electron chi connectivity index (χ1n) is 9.78. The highest BCUT2D eigenvalue weighted by Gasteiger charge is 2.24. The zero-order valence-electron chi connectivity index (χ0n) is 18.7. The highest BCUT2D eigenvalue weighted by atomic mass is 16.5. The van der Waals surface area contributed by atoms with Crippen molar-refractivity contribution in [2.24, 2.45) is 11.5 Å². The fourth-order valence-corrected chi connectivity index (χ4v) is 2.24. The van der Waals surface area contributed by atoms with Gasteiger partial charge in [0.25, 0.3) is 0 Å². The number of nitrogens with one attached hydrogen (secondary N) is 1. The Morgan fingerprint density at radius 3 is 1.81 bits per heavy atom. The zero-order valence-corrected chi connectivity index (χ0v) is 18.7. The lowest BCUT2D eigenvalue weighted by Crippen LogP contribution is -2.39. The summed E-state index contributed by atoms with van der Waals surface area (Å²) in [6.45, 7) is 17.3. The molecule has 0 unspecified atom stereocenters. The molecule has 0 radical (unpaired) electrons. The van der Waals surface area contributed by atoms with Gasteiger partial charge in [-0.3, -0.25) is 4.79 Å². The van der Waals surface area contributed by atoms with Crippen molar-refractivity contribution in [1.29, 1.82) is 0 Å². The number of amides is 1. The summed E-state index contributed by atoms with van der Waals surface area (Å²) in [4.78, 5) is 12.1. The molecule has 0 rings (SSSR count). The highest BCUT2D eigenvalue weighted by molar-refractivity contribution is 5.76. The number of nitrogens with two attached hydrogens (primary N) is 2. The third kappa shape index (κ3) is 17.1. The van der Waals surface area contributed by atoms with Gasteiger partial charge in [0.05, 0.1) is 30.8 Å². The van der Waals surface area contributed by atoms with Crippen LogP contribution in [0.2, 0.25) is 0 Å². The first-order chi connectivity index (χ1) is 12.0. The number of hydrogen-bond donors (Lipinski definition) is 3. The molecule has 0 spiro atoms. The summed E-state index contributed by atoms with van der Waals surface area (Å²) in [5.41, 5.74) is 9.96. The minimum Gasteiger partial charge on any atom is -0.375 e. The lowest BCUT2D eigenvalue weighted by molar-refractivity contribution is -0.128. The van der Waals surface area contributed by atoms with Crippen LogP contribution in [-0.2, 0) is 19.0 Å². The van der Waals surface area contributed by atoms with Gasteiger partial charge in [0.2, 0.25) is 5.91 Å². The van der Waals surface area contributed by atoms with Gasteiger partial charge in [-0.2, -0.15) is 0 Å². The predicted molar refractivity (Wildman–Crippen MR) is 109 cm³/mol. The van der Waals surface area contributed by atoms with Crippen LogP contribution in [0.5, 0.6) is 0 Å². The maximum Gasteiger partial charge on any atom is 0.222 e. The van der Waals surface area contributed by atoms with Crippen molar-refractivity contribution >= 4 is 5.91 Å². The Morgan fingerprint density at radius 2 is 1.30 bits per heavy atom. The van der Waals surface area contributed by atoms with Gasteiger partial charge in [0, 0.05) is 18.7 Å². The van der Waals surface area contributed by atoms with Gasteiger partial charge in [-0.1, -0.05) is 0 Å². The Bertz CT molecular complexity index is 437. The van der Waals surface area contributed by atoms with Crippen molar-refractivity contribution in [1.82, 2.24) is 5.32 Å². The van der Waals surface area contributed by atoms with Crippen LogP contribution in [0, 0.1) is 0 Å². The minimum atomic E-state index is -0.640. The topological polar surface area (TPSA) is 109 Å². The lowest BCUT2D eigenvalue weighted by atomic mass is 10.0. The van der Waals surface area contributed by atoms with E-state index in [2.05, 4.69) is 5.32 Å².